The van der Waals surface area contributed by atoms with E-state index in [-0.39, 0.29) is 16.9 Å². The number of nitrogens with zero attached hydrogens (tertiary/aromatic N) is 2. The molecule has 2 unspecified atom stereocenters. The summed E-state index contributed by atoms with van der Waals surface area (Å²) in [6.07, 6.45) is -4.47. The van der Waals surface area contributed by atoms with E-state index < -0.39 is 23.8 Å². The zero-order valence-corrected chi connectivity index (χ0v) is 15.4. The van der Waals surface area contributed by atoms with Crippen LogP contribution in [0.2, 0.25) is 0 Å². The highest BCUT2D eigenvalue weighted by atomic mass is 32.2. The Labute approximate surface area is 158 Å². The van der Waals surface area contributed by atoms with Crippen molar-refractivity contribution in [3.8, 4) is 11.3 Å². The molecular formula is C18H18F3N3O2S. The zero-order chi connectivity index (χ0) is 19.8. The number of hydrogen-bond donors (Lipinski definition) is 2. The average Bonchev–Trinajstić information content (AvgIpc) is 3.11. The molecule has 0 radical (unpaired) electrons. The Balaban J connectivity index is 1.97. The molecule has 0 bridgehead atoms. The van der Waals surface area contributed by atoms with Crippen LogP contribution in [0.1, 0.15) is 16.5 Å². The molecule has 9 heteroatoms. The average molecular weight is 397 g/mol. The van der Waals surface area contributed by atoms with E-state index in [1.165, 1.54) is 16.7 Å². The maximum atomic E-state index is 13.3. The summed E-state index contributed by atoms with van der Waals surface area (Å²) in [5.74, 6) is -0.280. The number of thioether (sulfide) groups is 1. The van der Waals surface area contributed by atoms with Gasteiger partial charge >= 0.3 is 12.1 Å². The van der Waals surface area contributed by atoms with Crippen LogP contribution in [0, 0.1) is 0 Å². The van der Waals surface area contributed by atoms with Gasteiger partial charge in [-0.15, -0.1) is 11.8 Å². The molecule has 1 aliphatic heterocycles. The molecule has 1 fully saturated rings. The van der Waals surface area contributed by atoms with Crippen LogP contribution >= 0.6 is 11.8 Å². The Bertz CT molecular complexity index is 858. The van der Waals surface area contributed by atoms with E-state index in [1.807, 2.05) is 6.07 Å². The van der Waals surface area contributed by atoms with Gasteiger partial charge in [-0.3, -0.25) is 10.1 Å². The van der Waals surface area contributed by atoms with E-state index in [0.29, 0.717) is 11.3 Å². The summed E-state index contributed by atoms with van der Waals surface area (Å²) in [4.78, 5) is 17.0. The lowest BCUT2D eigenvalue weighted by molar-refractivity contribution is -0.139. The minimum Gasteiger partial charge on any atom is -0.480 e. The smallest absolute Gasteiger partial charge is 0.416 e. The van der Waals surface area contributed by atoms with Crippen molar-refractivity contribution in [1.29, 1.82) is 0 Å². The van der Waals surface area contributed by atoms with Crippen molar-refractivity contribution in [3.63, 3.8) is 0 Å². The van der Waals surface area contributed by atoms with E-state index in [4.69, 9.17) is 5.11 Å². The summed E-state index contributed by atoms with van der Waals surface area (Å²) >= 11 is 1.45. The van der Waals surface area contributed by atoms with Crippen molar-refractivity contribution in [1.82, 2.24) is 10.3 Å². The summed E-state index contributed by atoms with van der Waals surface area (Å²) in [5, 5.41) is 11.9. The van der Waals surface area contributed by atoms with Gasteiger partial charge in [-0.1, -0.05) is 18.2 Å². The standard InChI is InChI=1S/C18H18F3N3O2S/c1-24(2)15-8-12(18(19,20)21)7-13(22-15)10-4-3-5-11(6-10)16-23-14(9-27-16)17(25)26/h3-8,14,16,23H,9H2,1-2H3,(H,25,26). The van der Waals surface area contributed by atoms with E-state index in [2.05, 4.69) is 10.3 Å². The number of aromatic nitrogens is 1. The molecule has 0 spiro atoms. The first-order valence-corrected chi connectivity index (χ1v) is 9.17. The van der Waals surface area contributed by atoms with Crippen LogP contribution in [0.4, 0.5) is 19.0 Å². The van der Waals surface area contributed by atoms with Crippen LogP contribution in [0.3, 0.4) is 0 Å². The van der Waals surface area contributed by atoms with Crippen molar-refractivity contribution >= 4 is 23.5 Å². The molecule has 2 atom stereocenters. The fourth-order valence-corrected chi connectivity index (χ4v) is 3.95. The topological polar surface area (TPSA) is 65.5 Å². The zero-order valence-electron chi connectivity index (χ0n) is 14.6. The molecule has 1 aromatic heterocycles. The molecule has 2 aromatic rings. The van der Waals surface area contributed by atoms with Crippen molar-refractivity contribution in [2.24, 2.45) is 0 Å². The van der Waals surface area contributed by atoms with Gasteiger partial charge in [0.1, 0.15) is 11.9 Å². The number of pyridine rings is 1. The summed E-state index contributed by atoms with van der Waals surface area (Å²) in [6.45, 7) is 0. The number of hydrogen-bond acceptors (Lipinski definition) is 5. The van der Waals surface area contributed by atoms with Crippen LogP contribution in [0.25, 0.3) is 11.3 Å². The van der Waals surface area contributed by atoms with Gasteiger partial charge in [0.05, 0.1) is 16.6 Å². The second-order valence-corrected chi connectivity index (χ2v) is 7.53. The number of halogens is 3. The SMILES string of the molecule is CN(C)c1cc(C(F)(F)F)cc(-c2cccc(C3NC(C(=O)O)CS3)c2)n1. The lowest BCUT2D eigenvalue weighted by atomic mass is 10.0. The minimum absolute atomic E-state index is 0.213. The molecular weight excluding hydrogens is 379 g/mol. The first-order valence-electron chi connectivity index (χ1n) is 8.12. The molecule has 2 heterocycles. The Morgan fingerprint density at radius 3 is 2.63 bits per heavy atom. The summed E-state index contributed by atoms with van der Waals surface area (Å²) in [7, 11) is 3.27. The summed E-state index contributed by atoms with van der Waals surface area (Å²) in [5.41, 5.74) is 0.795. The van der Waals surface area contributed by atoms with Crippen molar-refractivity contribution in [2.45, 2.75) is 17.6 Å². The van der Waals surface area contributed by atoms with Crippen molar-refractivity contribution in [3.05, 3.63) is 47.5 Å². The Kier molecular flexibility index (Phi) is 5.34. The van der Waals surface area contributed by atoms with Gasteiger partial charge in [0.2, 0.25) is 0 Å². The third-order valence-electron chi connectivity index (χ3n) is 4.16. The number of anilines is 1. The van der Waals surface area contributed by atoms with Gasteiger partial charge in [-0.25, -0.2) is 4.98 Å². The number of carboxylic acids is 1. The second-order valence-electron chi connectivity index (χ2n) is 6.39. The number of carboxylic acid groups (broad SMARTS) is 1. The van der Waals surface area contributed by atoms with Gasteiger partial charge in [-0.05, 0) is 23.8 Å². The normalized spacial score (nSPS) is 19.9. The lowest BCUT2D eigenvalue weighted by Crippen LogP contribution is -2.33. The summed E-state index contributed by atoms with van der Waals surface area (Å²) < 4.78 is 39.8. The predicted octanol–water partition coefficient (Wildman–Crippen LogP) is 3.62. The van der Waals surface area contributed by atoms with E-state index in [0.717, 1.165) is 17.7 Å². The highest BCUT2D eigenvalue weighted by molar-refractivity contribution is 7.99. The van der Waals surface area contributed by atoms with Crippen molar-refractivity contribution < 1.29 is 23.1 Å². The maximum absolute atomic E-state index is 13.3. The fraction of sp³-hybridized carbons (Fsp3) is 0.333. The van der Waals surface area contributed by atoms with Gasteiger partial charge in [0.15, 0.2) is 0 Å². The molecule has 1 aromatic carbocycles. The quantitative estimate of drug-likeness (QED) is 0.822. The monoisotopic (exact) mass is 397 g/mol. The van der Waals surface area contributed by atoms with Crippen LogP contribution in [-0.4, -0.2) is 41.9 Å². The molecule has 1 saturated heterocycles. The molecule has 27 heavy (non-hydrogen) atoms. The minimum atomic E-state index is -4.47. The third kappa shape index (κ3) is 4.36. The van der Waals surface area contributed by atoms with Crippen LogP contribution < -0.4 is 10.2 Å². The van der Waals surface area contributed by atoms with Crippen LogP contribution in [0.15, 0.2) is 36.4 Å². The largest absolute Gasteiger partial charge is 0.480 e. The molecule has 2 N–H and O–H groups in total. The Morgan fingerprint density at radius 2 is 2.04 bits per heavy atom. The van der Waals surface area contributed by atoms with Gasteiger partial charge in [0, 0.05) is 25.4 Å². The number of benzene rings is 1. The van der Waals surface area contributed by atoms with Gasteiger partial charge in [0.25, 0.3) is 0 Å². The number of nitrogens with one attached hydrogen (secondary N) is 1. The number of carbonyl (C=O) groups is 1. The lowest BCUT2D eigenvalue weighted by Gasteiger charge is -2.17. The first kappa shape index (κ1) is 19.5. The van der Waals surface area contributed by atoms with E-state index >= 15 is 0 Å². The summed E-state index contributed by atoms with van der Waals surface area (Å²) in [6, 6.07) is 8.39. The number of aliphatic carboxylic acids is 1. The van der Waals surface area contributed by atoms with E-state index in [9.17, 15) is 18.0 Å². The molecule has 0 saturated carbocycles. The molecule has 3 rings (SSSR count). The van der Waals surface area contributed by atoms with Gasteiger partial charge < -0.3 is 10.0 Å². The van der Waals surface area contributed by atoms with E-state index in [1.54, 1.807) is 32.3 Å². The van der Waals surface area contributed by atoms with Crippen molar-refractivity contribution in [2.75, 3.05) is 24.7 Å². The second kappa shape index (κ2) is 7.40. The highest BCUT2D eigenvalue weighted by Crippen LogP contribution is 2.36. The third-order valence-corrected chi connectivity index (χ3v) is 5.43. The Hall–Kier alpha value is -2.26. The molecule has 5 nitrogen and oxygen atoms in total. The van der Waals surface area contributed by atoms with Crippen LogP contribution in [0.5, 0.6) is 0 Å². The first-order chi connectivity index (χ1) is 12.6. The Morgan fingerprint density at radius 1 is 1.30 bits per heavy atom. The molecule has 144 valence electrons. The van der Waals surface area contributed by atoms with Gasteiger partial charge in [-0.2, -0.15) is 13.2 Å². The fourth-order valence-electron chi connectivity index (χ4n) is 2.72. The maximum Gasteiger partial charge on any atom is 0.416 e. The number of rotatable bonds is 4. The highest BCUT2D eigenvalue weighted by Gasteiger charge is 2.33. The number of alkyl halides is 3. The molecule has 0 aliphatic carbocycles. The molecule has 1 aliphatic rings. The molecule has 0 amide bonds. The van der Waals surface area contributed by atoms with Crippen LogP contribution in [-0.2, 0) is 11.0 Å². The predicted molar refractivity (Wildman–Crippen MR) is 98.8 cm³/mol.